The third kappa shape index (κ3) is 18.4. The monoisotopic (exact) mass is 824 g/mol. The highest BCUT2D eigenvalue weighted by Crippen LogP contribution is 2.66. The van der Waals surface area contributed by atoms with E-state index in [9.17, 15) is 0 Å². The molecule has 0 spiro atoms. The second-order valence-electron chi connectivity index (χ2n) is 21.2. The summed E-state index contributed by atoms with van der Waals surface area (Å²) in [7, 11) is 4.26. The number of nitrogens with zero attached hydrogens (tertiary/aromatic N) is 1. The van der Waals surface area contributed by atoms with E-state index in [1.165, 1.54) is 122 Å². The van der Waals surface area contributed by atoms with E-state index in [4.69, 9.17) is 14.2 Å². The number of rotatable bonds is 34. The Labute approximate surface area is 368 Å². The summed E-state index contributed by atoms with van der Waals surface area (Å²) in [5.41, 5.74) is 2.59. The highest BCUT2D eigenvalue weighted by molar-refractivity contribution is 5.23. The Kier molecular flexibility index (Phi) is 26.1. The summed E-state index contributed by atoms with van der Waals surface area (Å²) in [5, 5.41) is 0. The van der Waals surface area contributed by atoms with E-state index in [1.54, 1.807) is 5.57 Å². The van der Waals surface area contributed by atoms with Gasteiger partial charge in [0, 0.05) is 26.4 Å². The van der Waals surface area contributed by atoms with E-state index in [1.807, 2.05) is 0 Å². The van der Waals surface area contributed by atoms with Crippen molar-refractivity contribution in [2.75, 3.05) is 47.1 Å². The smallest absolute Gasteiger partial charge is 0.0934 e. The molecule has 0 radical (unpaired) electrons. The van der Waals surface area contributed by atoms with Gasteiger partial charge in [0.1, 0.15) is 0 Å². The molecule has 0 N–H and O–H groups in total. The highest BCUT2D eigenvalue weighted by atomic mass is 16.5. The van der Waals surface area contributed by atoms with Crippen LogP contribution in [0.15, 0.2) is 36.0 Å². The second kappa shape index (κ2) is 29.4. The maximum Gasteiger partial charge on any atom is 0.0934 e. The Hall–Kier alpha value is -0.940. The normalized spacial score (nSPS) is 27.5. The first-order valence-electron chi connectivity index (χ1n) is 25.9. The van der Waals surface area contributed by atoms with Gasteiger partial charge in [-0.3, -0.25) is 0 Å². The van der Waals surface area contributed by atoms with Gasteiger partial charge in [-0.2, -0.15) is 0 Å². The predicted octanol–water partition coefficient (Wildman–Crippen LogP) is 15.6. The Morgan fingerprint density at radius 1 is 0.729 bits per heavy atom. The summed E-state index contributed by atoms with van der Waals surface area (Å²) in [4.78, 5) is 2.22. The molecule has 0 aromatic carbocycles. The van der Waals surface area contributed by atoms with Crippen LogP contribution in [0, 0.1) is 46.3 Å². The second-order valence-corrected chi connectivity index (χ2v) is 21.2. The summed E-state index contributed by atoms with van der Waals surface area (Å²) in [5.74, 6) is 5.29. The lowest BCUT2D eigenvalue weighted by molar-refractivity contribution is -0.0481. The van der Waals surface area contributed by atoms with Crippen molar-refractivity contribution >= 4 is 0 Å². The molecule has 3 aliphatic rings. The molecule has 0 aromatic heterocycles. The first-order valence-corrected chi connectivity index (χ1v) is 25.9. The van der Waals surface area contributed by atoms with E-state index in [-0.39, 0.29) is 12.2 Å². The third-order valence-electron chi connectivity index (χ3n) is 15.7. The van der Waals surface area contributed by atoms with Gasteiger partial charge in [-0.25, -0.2) is 0 Å². The molecule has 4 nitrogen and oxygen atoms in total. The van der Waals surface area contributed by atoms with Crippen molar-refractivity contribution < 1.29 is 14.2 Å². The van der Waals surface area contributed by atoms with Crippen molar-refractivity contribution in [2.24, 2.45) is 46.3 Å². The summed E-state index contributed by atoms with van der Waals surface area (Å²) in [6.45, 7) is 23.8. The Bertz CT molecular complexity index is 1160. The highest BCUT2D eigenvalue weighted by Gasteiger charge is 2.58. The maximum absolute atomic E-state index is 6.50. The topological polar surface area (TPSA) is 30.9 Å². The largest absolute Gasteiger partial charge is 0.379 e. The molecular formula is C55H101NO3. The molecule has 0 bridgehead atoms. The fraction of sp³-hybridized carbons (Fsp3) is 0.891. The van der Waals surface area contributed by atoms with Gasteiger partial charge in [0.2, 0.25) is 0 Å². The average molecular weight is 824 g/mol. The van der Waals surface area contributed by atoms with Crippen molar-refractivity contribution in [1.29, 1.82) is 0 Å². The van der Waals surface area contributed by atoms with E-state index in [0.29, 0.717) is 17.4 Å². The number of fused-ring (bicyclic) bond motifs is 3. The zero-order valence-corrected chi connectivity index (χ0v) is 41.2. The summed E-state index contributed by atoms with van der Waals surface area (Å²) in [6, 6.07) is 0. The van der Waals surface area contributed by atoms with Crippen LogP contribution < -0.4 is 0 Å². The standard InChI is InChI=1S/C55H101NO3/c1-11-13-14-15-16-17-18-19-20-21-22-23-24-25-26-27-39-57-44-49(43-56(9)10)59-41-29-28-40-58-47(6)42-48-33-34-50-52-36-35-51(46(5)32-30-31-45(3)4)55(52,8)38-37-53(50)54(48,7)12-2/h16-17,19-20,33,45-47,49-53H,11-15,18,21-32,34-44H2,1-10H3/b17-16-,20-19-/t46-,47+,49?,50+,51-,52?,53?,54+,55-/m1/s1. The molecule has 344 valence electrons. The van der Waals surface area contributed by atoms with Crippen LogP contribution in [0.3, 0.4) is 0 Å². The van der Waals surface area contributed by atoms with Gasteiger partial charge in [0.25, 0.3) is 0 Å². The Morgan fingerprint density at radius 2 is 1.39 bits per heavy atom. The molecule has 4 heteroatoms. The SMILES string of the molecule is CCCCC/C=C\C/C=C\CCCCCCCCOCC(CN(C)C)OCCCCO[C@@H](C)CC1=CC[C@@H]2C(CC[C@@]3(C)C2CC[C@@H]3[C@H](C)CCCC(C)C)[C@@]1(C)CC. The van der Waals surface area contributed by atoms with Crippen molar-refractivity contribution in [3.63, 3.8) is 0 Å². The summed E-state index contributed by atoms with van der Waals surface area (Å²) in [6.07, 6.45) is 43.7. The maximum atomic E-state index is 6.50. The minimum absolute atomic E-state index is 0.133. The molecule has 2 saturated carbocycles. The zero-order valence-electron chi connectivity index (χ0n) is 41.2. The first kappa shape index (κ1) is 52.4. The van der Waals surface area contributed by atoms with Gasteiger partial charge in [-0.05, 0) is 164 Å². The quantitative estimate of drug-likeness (QED) is 0.0478. The molecule has 59 heavy (non-hydrogen) atoms. The van der Waals surface area contributed by atoms with Gasteiger partial charge in [-0.15, -0.1) is 0 Å². The molecule has 9 atom stereocenters. The fourth-order valence-electron chi connectivity index (χ4n) is 12.1. The van der Waals surface area contributed by atoms with Crippen LogP contribution in [0.4, 0.5) is 0 Å². The Balaban J connectivity index is 1.27. The van der Waals surface area contributed by atoms with Gasteiger partial charge in [-0.1, -0.05) is 142 Å². The zero-order chi connectivity index (χ0) is 42.9. The van der Waals surface area contributed by atoms with Crippen LogP contribution >= 0.6 is 0 Å². The average Bonchev–Trinajstić information content (AvgIpc) is 3.56. The molecule has 2 fully saturated rings. The molecule has 3 aliphatic carbocycles. The van der Waals surface area contributed by atoms with Crippen molar-refractivity contribution in [1.82, 2.24) is 4.90 Å². The van der Waals surface area contributed by atoms with Gasteiger partial charge < -0.3 is 19.1 Å². The lowest BCUT2D eigenvalue weighted by Crippen LogP contribution is -2.49. The number of allylic oxidation sites excluding steroid dienone is 5. The third-order valence-corrected chi connectivity index (χ3v) is 15.7. The Morgan fingerprint density at radius 3 is 2.07 bits per heavy atom. The molecule has 0 amide bonds. The molecular weight excluding hydrogens is 723 g/mol. The van der Waals surface area contributed by atoms with Crippen LogP contribution in [0.25, 0.3) is 0 Å². The van der Waals surface area contributed by atoms with Crippen LogP contribution in [0.2, 0.25) is 0 Å². The minimum Gasteiger partial charge on any atom is -0.379 e. The number of ether oxygens (including phenoxy) is 3. The lowest BCUT2D eigenvalue weighted by Gasteiger charge is -2.57. The number of hydrogen-bond donors (Lipinski definition) is 0. The predicted molar refractivity (Wildman–Crippen MR) is 257 cm³/mol. The minimum atomic E-state index is 0.133. The molecule has 0 aromatic rings. The van der Waals surface area contributed by atoms with Crippen molar-refractivity contribution in [3.05, 3.63) is 36.0 Å². The van der Waals surface area contributed by atoms with Crippen LogP contribution in [0.5, 0.6) is 0 Å². The fourth-order valence-corrected chi connectivity index (χ4v) is 12.1. The van der Waals surface area contributed by atoms with E-state index >= 15 is 0 Å². The van der Waals surface area contributed by atoms with Crippen molar-refractivity contribution in [3.8, 4) is 0 Å². The molecule has 0 heterocycles. The number of hydrogen-bond acceptors (Lipinski definition) is 4. The molecule has 0 saturated heterocycles. The summed E-state index contributed by atoms with van der Waals surface area (Å²) < 4.78 is 19.0. The molecule has 3 rings (SSSR count). The first-order chi connectivity index (χ1) is 28.5. The van der Waals surface area contributed by atoms with Gasteiger partial charge in [0.15, 0.2) is 0 Å². The van der Waals surface area contributed by atoms with Crippen molar-refractivity contribution in [2.45, 2.75) is 222 Å². The summed E-state index contributed by atoms with van der Waals surface area (Å²) >= 11 is 0. The molecule has 3 unspecified atom stereocenters. The van der Waals surface area contributed by atoms with E-state index in [0.717, 1.165) is 94.0 Å². The molecule has 0 aliphatic heterocycles. The van der Waals surface area contributed by atoms with E-state index in [2.05, 4.69) is 105 Å². The van der Waals surface area contributed by atoms with Gasteiger partial charge >= 0.3 is 0 Å². The van der Waals surface area contributed by atoms with E-state index < -0.39 is 0 Å². The van der Waals surface area contributed by atoms with Crippen LogP contribution in [-0.2, 0) is 14.2 Å². The van der Waals surface area contributed by atoms with Crippen LogP contribution in [-0.4, -0.2) is 64.2 Å². The number of unbranched alkanes of at least 4 members (excludes halogenated alkanes) is 10. The number of likely N-dealkylation sites (N-methyl/N-ethyl adjacent to an activating group) is 1. The van der Waals surface area contributed by atoms with Crippen LogP contribution in [0.1, 0.15) is 209 Å². The lowest BCUT2D eigenvalue weighted by atomic mass is 9.48. The van der Waals surface area contributed by atoms with Gasteiger partial charge in [0.05, 0.1) is 18.8 Å².